The Morgan fingerprint density at radius 2 is 2.33 bits per heavy atom. The Bertz CT molecular complexity index is 334. The van der Waals surface area contributed by atoms with Crippen LogP contribution in [0.4, 0.5) is 0 Å². The van der Waals surface area contributed by atoms with E-state index in [4.69, 9.17) is 5.11 Å². The number of carbonyl (C=O) groups excluding carboxylic acids is 1. The van der Waals surface area contributed by atoms with Gasteiger partial charge in [-0.3, -0.25) is 14.7 Å². The summed E-state index contributed by atoms with van der Waals surface area (Å²) in [4.78, 5) is 17.7. The molecule has 0 atom stereocenters. The zero-order valence-electron chi connectivity index (χ0n) is 8.47. The fourth-order valence-electron chi connectivity index (χ4n) is 1.73. The first kappa shape index (κ1) is 10.3. The number of aliphatic hydroxyl groups is 1. The van der Waals surface area contributed by atoms with Crippen LogP contribution >= 0.6 is 0 Å². The van der Waals surface area contributed by atoms with Crippen LogP contribution in [0.3, 0.4) is 0 Å². The lowest BCUT2D eigenvalue weighted by Crippen LogP contribution is -2.50. The summed E-state index contributed by atoms with van der Waals surface area (Å²) in [6.07, 6.45) is 1.62. The van der Waals surface area contributed by atoms with E-state index >= 15 is 0 Å². The number of Topliss-reactive ketones (excluding diaryl/α,β-unsaturated/α-hetero) is 1. The minimum Gasteiger partial charge on any atom is -0.396 e. The molecule has 2 heterocycles. The third-order valence-electron chi connectivity index (χ3n) is 2.61. The number of ketones is 1. The molecule has 0 saturated carbocycles. The largest absolute Gasteiger partial charge is 0.396 e. The van der Waals surface area contributed by atoms with Crippen molar-refractivity contribution >= 4 is 5.78 Å². The van der Waals surface area contributed by atoms with Crippen LogP contribution in [0.5, 0.6) is 0 Å². The smallest absolute Gasteiger partial charge is 0.195 e. The third kappa shape index (κ3) is 2.40. The van der Waals surface area contributed by atoms with E-state index in [1.807, 2.05) is 11.0 Å². The Labute approximate surface area is 88.6 Å². The number of aliphatic hydroxyl groups excluding tert-OH is 1. The Hall–Kier alpha value is -1.26. The van der Waals surface area contributed by atoms with Gasteiger partial charge >= 0.3 is 0 Å². The Morgan fingerprint density at radius 1 is 1.53 bits per heavy atom. The van der Waals surface area contributed by atoms with Crippen LogP contribution in [-0.2, 0) is 0 Å². The first-order valence-electron chi connectivity index (χ1n) is 5.07. The summed E-state index contributed by atoms with van der Waals surface area (Å²) in [6, 6.07) is 5.33. The number of rotatable bonds is 4. The first-order valence-corrected chi connectivity index (χ1v) is 5.07. The van der Waals surface area contributed by atoms with Crippen LogP contribution in [-0.4, -0.2) is 47.0 Å². The SMILES string of the molecule is O=C(CN1CC(CO)C1)c1ccccn1. The van der Waals surface area contributed by atoms with Gasteiger partial charge in [0.05, 0.1) is 6.54 Å². The van der Waals surface area contributed by atoms with Crippen LogP contribution in [0.2, 0.25) is 0 Å². The van der Waals surface area contributed by atoms with Gasteiger partial charge in [0.2, 0.25) is 0 Å². The van der Waals surface area contributed by atoms with E-state index in [1.165, 1.54) is 0 Å². The lowest BCUT2D eigenvalue weighted by atomic mass is 10.0. The summed E-state index contributed by atoms with van der Waals surface area (Å²) in [5, 5.41) is 8.83. The van der Waals surface area contributed by atoms with Crippen molar-refractivity contribution in [3.05, 3.63) is 30.1 Å². The second-order valence-electron chi connectivity index (χ2n) is 3.88. The molecule has 0 aliphatic carbocycles. The fourth-order valence-corrected chi connectivity index (χ4v) is 1.73. The maximum Gasteiger partial charge on any atom is 0.195 e. The van der Waals surface area contributed by atoms with E-state index in [1.54, 1.807) is 18.3 Å². The number of pyridine rings is 1. The first-order chi connectivity index (χ1) is 7.29. The van der Waals surface area contributed by atoms with E-state index in [2.05, 4.69) is 4.98 Å². The van der Waals surface area contributed by atoms with E-state index < -0.39 is 0 Å². The molecule has 15 heavy (non-hydrogen) atoms. The standard InChI is InChI=1S/C11H14N2O2/c14-8-9-5-13(6-9)7-11(15)10-3-1-2-4-12-10/h1-4,9,14H,5-8H2. The highest BCUT2D eigenvalue weighted by Gasteiger charge is 2.27. The quantitative estimate of drug-likeness (QED) is 0.714. The lowest BCUT2D eigenvalue weighted by Gasteiger charge is -2.37. The van der Waals surface area contributed by atoms with Crippen molar-refractivity contribution in [2.24, 2.45) is 5.92 Å². The summed E-state index contributed by atoms with van der Waals surface area (Å²) in [5.41, 5.74) is 0.518. The van der Waals surface area contributed by atoms with Crippen molar-refractivity contribution in [1.29, 1.82) is 0 Å². The van der Waals surface area contributed by atoms with Crippen molar-refractivity contribution in [3.63, 3.8) is 0 Å². The molecule has 0 radical (unpaired) electrons. The highest BCUT2D eigenvalue weighted by molar-refractivity contribution is 5.95. The van der Waals surface area contributed by atoms with Crippen molar-refractivity contribution in [2.45, 2.75) is 0 Å². The third-order valence-corrected chi connectivity index (χ3v) is 2.61. The van der Waals surface area contributed by atoms with Crippen LogP contribution in [0.25, 0.3) is 0 Å². The summed E-state index contributed by atoms with van der Waals surface area (Å²) >= 11 is 0. The molecule has 80 valence electrons. The van der Waals surface area contributed by atoms with Gasteiger partial charge in [-0.15, -0.1) is 0 Å². The van der Waals surface area contributed by atoms with Gasteiger partial charge in [-0.1, -0.05) is 6.07 Å². The molecule has 4 heteroatoms. The van der Waals surface area contributed by atoms with Gasteiger partial charge < -0.3 is 5.11 Å². The maximum atomic E-state index is 11.7. The minimum absolute atomic E-state index is 0.0481. The van der Waals surface area contributed by atoms with Crippen molar-refractivity contribution in [3.8, 4) is 0 Å². The molecule has 1 aliphatic rings. The van der Waals surface area contributed by atoms with Gasteiger partial charge in [-0.05, 0) is 12.1 Å². The predicted molar refractivity (Wildman–Crippen MR) is 55.6 cm³/mol. The number of nitrogens with zero attached hydrogens (tertiary/aromatic N) is 2. The number of carbonyl (C=O) groups is 1. The van der Waals surface area contributed by atoms with Crippen molar-refractivity contribution in [2.75, 3.05) is 26.2 Å². The van der Waals surface area contributed by atoms with Gasteiger partial charge in [-0.2, -0.15) is 0 Å². The summed E-state index contributed by atoms with van der Waals surface area (Å²) in [7, 11) is 0. The Kier molecular flexibility index (Phi) is 3.08. The number of hydrogen-bond donors (Lipinski definition) is 1. The highest BCUT2D eigenvalue weighted by atomic mass is 16.3. The summed E-state index contributed by atoms with van der Waals surface area (Å²) in [6.45, 7) is 2.26. The Balaban J connectivity index is 1.84. The fraction of sp³-hybridized carbons (Fsp3) is 0.455. The number of likely N-dealkylation sites (tertiary alicyclic amines) is 1. The van der Waals surface area contributed by atoms with Crippen molar-refractivity contribution in [1.82, 2.24) is 9.88 Å². The second kappa shape index (κ2) is 4.51. The van der Waals surface area contributed by atoms with E-state index in [9.17, 15) is 4.79 Å². The average molecular weight is 206 g/mol. The lowest BCUT2D eigenvalue weighted by molar-refractivity contribution is 0.0487. The summed E-state index contributed by atoms with van der Waals surface area (Å²) < 4.78 is 0. The predicted octanol–water partition coefficient (Wildman–Crippen LogP) is 0.188. The molecule has 1 fully saturated rings. The van der Waals surface area contributed by atoms with Gasteiger partial charge in [-0.25, -0.2) is 0 Å². The van der Waals surface area contributed by atoms with E-state index in [-0.39, 0.29) is 12.4 Å². The van der Waals surface area contributed by atoms with Gasteiger partial charge in [0, 0.05) is 31.8 Å². The van der Waals surface area contributed by atoms with Crippen LogP contribution in [0.1, 0.15) is 10.5 Å². The summed E-state index contributed by atoms with van der Waals surface area (Å²) in [5.74, 6) is 0.397. The molecule has 0 bridgehead atoms. The van der Waals surface area contributed by atoms with Gasteiger partial charge in [0.25, 0.3) is 0 Å². The van der Waals surface area contributed by atoms with Crippen molar-refractivity contribution < 1.29 is 9.90 Å². The molecule has 1 saturated heterocycles. The topological polar surface area (TPSA) is 53.4 Å². The van der Waals surface area contributed by atoms with Gasteiger partial charge in [0.15, 0.2) is 5.78 Å². The molecular formula is C11H14N2O2. The molecule has 0 amide bonds. The normalized spacial score (nSPS) is 17.4. The molecule has 1 aliphatic heterocycles. The van der Waals surface area contributed by atoms with Crippen LogP contribution in [0.15, 0.2) is 24.4 Å². The van der Waals surface area contributed by atoms with Crippen LogP contribution in [0, 0.1) is 5.92 Å². The molecular weight excluding hydrogens is 192 g/mol. The molecule has 4 nitrogen and oxygen atoms in total. The molecule has 0 unspecified atom stereocenters. The second-order valence-corrected chi connectivity index (χ2v) is 3.88. The molecule has 1 N–H and O–H groups in total. The minimum atomic E-state index is 0.0481. The number of hydrogen-bond acceptors (Lipinski definition) is 4. The zero-order chi connectivity index (χ0) is 10.7. The monoisotopic (exact) mass is 206 g/mol. The molecule has 2 rings (SSSR count). The van der Waals surface area contributed by atoms with E-state index in [0.717, 1.165) is 13.1 Å². The molecule has 0 spiro atoms. The van der Waals surface area contributed by atoms with E-state index in [0.29, 0.717) is 18.2 Å². The molecule has 0 aromatic carbocycles. The highest BCUT2D eigenvalue weighted by Crippen LogP contribution is 2.14. The van der Waals surface area contributed by atoms with Crippen LogP contribution < -0.4 is 0 Å². The average Bonchev–Trinajstić information content (AvgIpc) is 2.23. The maximum absolute atomic E-state index is 11.7. The Morgan fingerprint density at radius 3 is 2.93 bits per heavy atom. The molecule has 1 aromatic rings. The number of aromatic nitrogens is 1. The molecule has 1 aromatic heterocycles. The zero-order valence-corrected chi connectivity index (χ0v) is 8.47. The van der Waals surface area contributed by atoms with Gasteiger partial charge in [0.1, 0.15) is 5.69 Å².